The monoisotopic (exact) mass is 406 g/mol. The lowest BCUT2D eigenvalue weighted by Crippen LogP contribution is -2.00. The van der Waals surface area contributed by atoms with Crippen LogP contribution in [0, 0.1) is 0 Å². The first-order chi connectivity index (χ1) is 12.7. The van der Waals surface area contributed by atoms with E-state index in [1.807, 2.05) is 48.5 Å². The number of fused-ring (bicyclic) bond motifs is 1. The normalized spacial score (nSPS) is 10.8. The minimum Gasteiger partial charge on any atom is -0.489 e. The maximum absolute atomic E-state index is 12.6. The number of hydrogen-bond acceptors (Lipinski definition) is 3. The summed E-state index contributed by atoms with van der Waals surface area (Å²) in [5, 5.41) is 0.894. The summed E-state index contributed by atoms with van der Waals surface area (Å²) in [5.74, 6) is 0.905. The van der Waals surface area contributed by atoms with Crippen LogP contribution in [0.1, 0.15) is 21.7 Å². The van der Waals surface area contributed by atoms with Crippen LogP contribution in [-0.4, -0.2) is 5.78 Å². The molecule has 0 aliphatic heterocycles. The molecule has 0 fully saturated rings. The molecule has 3 aromatic carbocycles. The predicted molar refractivity (Wildman–Crippen MR) is 105 cm³/mol. The molecule has 0 radical (unpaired) electrons. The molecule has 4 aromatic rings. The van der Waals surface area contributed by atoms with Gasteiger partial charge in [0, 0.05) is 15.4 Å². The van der Waals surface area contributed by atoms with Crippen molar-refractivity contribution in [1.29, 1.82) is 0 Å². The van der Waals surface area contributed by atoms with Crippen molar-refractivity contribution in [2.75, 3.05) is 0 Å². The number of ketones is 1. The van der Waals surface area contributed by atoms with Gasteiger partial charge in [-0.1, -0.05) is 46.3 Å². The second kappa shape index (κ2) is 7.18. The summed E-state index contributed by atoms with van der Waals surface area (Å²) in [7, 11) is 0. The molecule has 0 spiro atoms. The quantitative estimate of drug-likeness (QED) is 0.381. The molecule has 128 valence electrons. The first-order valence-corrected chi connectivity index (χ1v) is 8.99. The van der Waals surface area contributed by atoms with Gasteiger partial charge in [-0.15, -0.1) is 0 Å². The van der Waals surface area contributed by atoms with E-state index < -0.39 is 0 Å². The molecule has 0 saturated carbocycles. The summed E-state index contributed by atoms with van der Waals surface area (Å²) >= 11 is 3.42. The lowest BCUT2D eigenvalue weighted by molar-refractivity contribution is 0.101. The zero-order valence-electron chi connectivity index (χ0n) is 13.8. The molecule has 1 aromatic heterocycles. The van der Waals surface area contributed by atoms with Gasteiger partial charge in [0.25, 0.3) is 0 Å². The van der Waals surface area contributed by atoms with E-state index in [2.05, 4.69) is 15.9 Å². The van der Waals surface area contributed by atoms with E-state index in [9.17, 15) is 4.79 Å². The van der Waals surface area contributed by atoms with E-state index >= 15 is 0 Å². The lowest BCUT2D eigenvalue weighted by atomic mass is 10.1. The van der Waals surface area contributed by atoms with Crippen LogP contribution in [0.15, 0.2) is 87.8 Å². The molecule has 0 N–H and O–H groups in total. The highest BCUT2D eigenvalue weighted by molar-refractivity contribution is 9.10. The van der Waals surface area contributed by atoms with Gasteiger partial charge in [-0.25, -0.2) is 0 Å². The van der Waals surface area contributed by atoms with Crippen LogP contribution in [0.4, 0.5) is 0 Å². The molecular formula is C22H15BrO3. The van der Waals surface area contributed by atoms with Crippen LogP contribution in [-0.2, 0) is 6.61 Å². The van der Waals surface area contributed by atoms with Crippen LogP contribution in [0.2, 0.25) is 0 Å². The topological polar surface area (TPSA) is 39.4 Å². The van der Waals surface area contributed by atoms with Gasteiger partial charge in [0.05, 0.1) is 0 Å². The molecule has 0 atom stereocenters. The number of ether oxygens (including phenoxy) is 1. The van der Waals surface area contributed by atoms with Crippen molar-refractivity contribution in [2.24, 2.45) is 0 Å². The highest BCUT2D eigenvalue weighted by Crippen LogP contribution is 2.25. The van der Waals surface area contributed by atoms with Crippen molar-refractivity contribution >= 4 is 32.7 Å². The lowest BCUT2D eigenvalue weighted by Gasteiger charge is -2.06. The van der Waals surface area contributed by atoms with Crippen molar-refractivity contribution in [2.45, 2.75) is 6.61 Å². The third-order valence-corrected chi connectivity index (χ3v) is 4.56. The van der Waals surface area contributed by atoms with Gasteiger partial charge in [-0.05, 0) is 54.1 Å². The Labute approximate surface area is 159 Å². The highest BCUT2D eigenvalue weighted by atomic mass is 79.9. The minimum absolute atomic E-state index is 0.146. The van der Waals surface area contributed by atoms with Crippen LogP contribution >= 0.6 is 15.9 Å². The summed E-state index contributed by atoms with van der Waals surface area (Å²) in [6.07, 6.45) is 0. The van der Waals surface area contributed by atoms with Crippen molar-refractivity contribution < 1.29 is 13.9 Å². The van der Waals surface area contributed by atoms with Gasteiger partial charge < -0.3 is 9.15 Å². The van der Waals surface area contributed by atoms with Crippen LogP contribution < -0.4 is 4.74 Å². The molecule has 4 rings (SSSR count). The summed E-state index contributed by atoms with van der Waals surface area (Å²) in [4.78, 5) is 12.6. The van der Waals surface area contributed by atoms with E-state index in [-0.39, 0.29) is 5.78 Å². The van der Waals surface area contributed by atoms with Crippen molar-refractivity contribution in [3.05, 3.63) is 100 Å². The molecule has 4 heteroatoms. The Morgan fingerprint density at radius 1 is 0.923 bits per heavy atom. The van der Waals surface area contributed by atoms with E-state index in [0.717, 1.165) is 21.2 Å². The Bertz CT molecular complexity index is 1050. The first kappa shape index (κ1) is 16.6. The Morgan fingerprint density at radius 3 is 2.46 bits per heavy atom. The Hall–Kier alpha value is -2.85. The van der Waals surface area contributed by atoms with E-state index in [1.165, 1.54) is 0 Å². The average Bonchev–Trinajstić information content (AvgIpc) is 3.10. The molecule has 0 bridgehead atoms. The van der Waals surface area contributed by atoms with Gasteiger partial charge in [0.1, 0.15) is 17.9 Å². The fourth-order valence-corrected chi connectivity index (χ4v) is 3.09. The maximum Gasteiger partial charge on any atom is 0.228 e. The number of carbonyl (C=O) groups is 1. The zero-order chi connectivity index (χ0) is 17.9. The summed E-state index contributed by atoms with van der Waals surface area (Å²) in [6.45, 7) is 0.493. The fourth-order valence-electron chi connectivity index (χ4n) is 2.71. The van der Waals surface area contributed by atoms with Crippen molar-refractivity contribution in [1.82, 2.24) is 0 Å². The van der Waals surface area contributed by atoms with Crippen molar-refractivity contribution in [3.8, 4) is 5.75 Å². The number of furan rings is 1. The molecule has 3 nitrogen and oxygen atoms in total. The number of benzene rings is 3. The van der Waals surface area contributed by atoms with E-state index in [1.54, 1.807) is 30.3 Å². The largest absolute Gasteiger partial charge is 0.489 e. The van der Waals surface area contributed by atoms with Crippen LogP contribution in [0.3, 0.4) is 0 Å². The van der Waals surface area contributed by atoms with Gasteiger partial charge >= 0.3 is 0 Å². The van der Waals surface area contributed by atoms with Crippen LogP contribution in [0.25, 0.3) is 11.0 Å². The first-order valence-electron chi connectivity index (χ1n) is 8.20. The minimum atomic E-state index is -0.146. The zero-order valence-corrected chi connectivity index (χ0v) is 15.4. The van der Waals surface area contributed by atoms with Crippen LogP contribution in [0.5, 0.6) is 5.75 Å². The predicted octanol–water partition coefficient (Wildman–Crippen LogP) is 6.01. The van der Waals surface area contributed by atoms with Gasteiger partial charge in [0.2, 0.25) is 5.78 Å². The number of carbonyl (C=O) groups excluding carboxylic acids is 1. The standard InChI is InChI=1S/C22H15BrO3/c23-18-8-11-20-17(12-18)13-21(26-20)22(24)16-6-9-19(10-7-16)25-14-15-4-2-1-3-5-15/h1-13H,14H2. The second-order valence-corrected chi connectivity index (χ2v) is 6.84. The third kappa shape index (κ3) is 3.55. The Morgan fingerprint density at radius 2 is 1.69 bits per heavy atom. The molecule has 0 amide bonds. The summed E-state index contributed by atoms with van der Waals surface area (Å²) in [5.41, 5.74) is 2.36. The SMILES string of the molecule is O=C(c1ccc(OCc2ccccc2)cc1)c1cc2cc(Br)ccc2o1. The third-order valence-electron chi connectivity index (χ3n) is 4.07. The number of rotatable bonds is 5. The number of hydrogen-bond donors (Lipinski definition) is 0. The van der Waals surface area contributed by atoms with Crippen molar-refractivity contribution in [3.63, 3.8) is 0 Å². The molecule has 0 unspecified atom stereocenters. The molecule has 0 aliphatic carbocycles. The van der Waals surface area contributed by atoms with Gasteiger partial charge in [-0.3, -0.25) is 4.79 Å². The average molecular weight is 407 g/mol. The molecule has 0 aliphatic rings. The molecular weight excluding hydrogens is 392 g/mol. The number of halogens is 1. The fraction of sp³-hybridized carbons (Fsp3) is 0.0455. The second-order valence-electron chi connectivity index (χ2n) is 5.92. The molecule has 1 heterocycles. The van der Waals surface area contributed by atoms with E-state index in [4.69, 9.17) is 9.15 Å². The maximum atomic E-state index is 12.6. The Balaban J connectivity index is 1.49. The summed E-state index contributed by atoms with van der Waals surface area (Å²) < 4.78 is 12.4. The molecule has 0 saturated heterocycles. The van der Waals surface area contributed by atoms with Gasteiger partial charge in [-0.2, -0.15) is 0 Å². The molecule has 26 heavy (non-hydrogen) atoms. The highest BCUT2D eigenvalue weighted by Gasteiger charge is 2.15. The van der Waals surface area contributed by atoms with Gasteiger partial charge in [0.15, 0.2) is 5.76 Å². The smallest absolute Gasteiger partial charge is 0.228 e. The summed E-state index contributed by atoms with van der Waals surface area (Å²) in [6, 6.07) is 24.5. The Kier molecular flexibility index (Phi) is 4.59. The van der Waals surface area contributed by atoms with E-state index in [0.29, 0.717) is 23.5 Å².